The van der Waals surface area contributed by atoms with Crippen LogP contribution in [0.15, 0.2) is 18.2 Å². The fourth-order valence-electron chi connectivity index (χ4n) is 2.77. The molecule has 0 saturated carbocycles. The quantitative estimate of drug-likeness (QED) is 0.0632. The van der Waals surface area contributed by atoms with Gasteiger partial charge in [0, 0.05) is 187 Å². The van der Waals surface area contributed by atoms with E-state index in [1.54, 1.807) is 6.08 Å². The number of rotatable bonds is 21. The molecule has 320 valence electrons. The van der Waals surface area contributed by atoms with Crippen molar-refractivity contribution in [3.63, 3.8) is 0 Å². The van der Waals surface area contributed by atoms with Gasteiger partial charge in [0.05, 0.1) is 5.91 Å². The SMILES string of the molecule is C.C.C.C.CC/C=C/C(=O)NCCN(CCNC)CCNC.CCC.CCC.CO.CO.[CH-]=CC(=O)NCCN(CCNC)CCNC.[CH3-].[Pu].[Y].[Y]. The first kappa shape index (κ1) is 94.4. The summed E-state index contributed by atoms with van der Waals surface area (Å²) in [5.74, 6) is -0.221. The van der Waals surface area contributed by atoms with E-state index in [0.717, 1.165) is 92.2 Å². The van der Waals surface area contributed by atoms with E-state index in [1.165, 1.54) is 12.8 Å². The summed E-state index contributed by atoms with van der Waals surface area (Å²) in [5.41, 5.74) is 0. The van der Waals surface area contributed by atoms with Crippen LogP contribution in [0.2, 0.25) is 0 Å². The van der Waals surface area contributed by atoms with Gasteiger partial charge in [-0.2, -0.15) is 6.08 Å². The van der Waals surface area contributed by atoms with Crippen LogP contribution >= 0.6 is 0 Å². The van der Waals surface area contributed by atoms with Gasteiger partial charge in [0.15, 0.2) is 0 Å². The molecule has 0 atom stereocenters. The third-order valence-corrected chi connectivity index (χ3v) is 4.82. The number of hydrogen-bond acceptors (Lipinski definition) is 10. The zero-order valence-electron chi connectivity index (χ0n) is 33.1. The Labute approximate surface area is 400 Å². The molecule has 0 saturated heterocycles. The molecule has 12 nitrogen and oxygen atoms in total. The normalized spacial score (nSPS) is 8.06. The average molecular weight is 1140 g/mol. The molecule has 0 aliphatic heterocycles. The molecular formula is C37H94N8O4PuY2-2. The molecule has 15 heteroatoms. The fourth-order valence-corrected chi connectivity index (χ4v) is 2.77. The number of carbonyl (C=O) groups excluding carboxylic acids is 2. The van der Waals surface area contributed by atoms with Crippen LogP contribution in [0.1, 0.15) is 83.6 Å². The standard InChI is InChI=1S/C13H28N4O.C11H23N4O.2C3H8.2CH4O.4CH4.CH3.Pu.2Y/c1-4-5-6-13(18)16-9-12-17(10-7-14-2)11-8-15-3;1-4-11(16)14-7-10-15(8-5-12-2)9-6-13-3;2*1-3-2;2*1-2;;;;;;;;/h5-6,14-15H,4,7-12H2,1-3H3,(H,16,18);1,4,12-13H,5-10H2,2-3H3,(H,14,16);2*3H2,1-2H3;2*2H,1H3;4*1H4;1H3;;;/q;-1;;;;;;;;;-1;;;/b6-5+;;;;;;;;;;;;;. The van der Waals surface area contributed by atoms with Crippen LogP contribution in [0.4, 0.5) is 0 Å². The first-order chi connectivity index (χ1) is 21.3. The predicted molar refractivity (Wildman–Crippen MR) is 224 cm³/mol. The van der Waals surface area contributed by atoms with E-state index in [9.17, 15) is 9.59 Å². The van der Waals surface area contributed by atoms with E-state index >= 15 is 0 Å². The van der Waals surface area contributed by atoms with Gasteiger partial charge in [-0.3, -0.25) is 21.2 Å². The Morgan fingerprint density at radius 2 is 0.788 bits per heavy atom. The number of amides is 2. The zero-order valence-corrected chi connectivity index (χ0v) is 42.2. The van der Waals surface area contributed by atoms with Crippen LogP contribution in [-0.4, -0.2) is 153 Å². The molecule has 0 unspecified atom stereocenters. The summed E-state index contributed by atoms with van der Waals surface area (Å²) in [5, 5.41) is 32.1. The minimum absolute atomic E-state index is 0. The maximum Gasteiger partial charge on any atom is 0.243 e. The van der Waals surface area contributed by atoms with Crippen molar-refractivity contribution in [3.05, 3.63) is 32.2 Å². The minimum Gasteiger partial charge on any atom is -0.429 e. The molecule has 0 fully saturated rings. The smallest absolute Gasteiger partial charge is 0.243 e. The average Bonchev–Trinajstić information content (AvgIpc) is 3.04. The first-order valence-corrected chi connectivity index (χ1v) is 16.0. The van der Waals surface area contributed by atoms with Crippen LogP contribution in [0.5, 0.6) is 0 Å². The van der Waals surface area contributed by atoms with E-state index in [0.29, 0.717) is 13.1 Å². The Kier molecular flexibility index (Phi) is 180. The van der Waals surface area contributed by atoms with Crippen molar-refractivity contribution >= 4 is 11.8 Å². The van der Waals surface area contributed by atoms with Gasteiger partial charge in [-0.05, 0) is 40.7 Å². The van der Waals surface area contributed by atoms with Gasteiger partial charge in [-0.1, -0.05) is 83.2 Å². The largest absolute Gasteiger partial charge is 0.429 e. The topological polar surface area (TPSA) is 153 Å². The molecular weight excluding hydrogens is 1040 g/mol. The van der Waals surface area contributed by atoms with Crippen molar-refractivity contribution in [1.82, 2.24) is 41.7 Å². The minimum atomic E-state index is -0.220. The summed E-state index contributed by atoms with van der Waals surface area (Å²) in [6, 6.07) is 0. The maximum absolute atomic E-state index is 11.4. The molecule has 8 N–H and O–H groups in total. The monoisotopic (exact) mass is 1130 g/mol. The number of nitrogens with zero attached hydrogens (tertiary/aromatic N) is 2. The molecule has 0 aromatic heterocycles. The van der Waals surface area contributed by atoms with Crippen LogP contribution in [0.3, 0.4) is 0 Å². The predicted octanol–water partition coefficient (Wildman–Crippen LogP) is 3.68. The number of aliphatic hydroxyl groups is 2. The van der Waals surface area contributed by atoms with Crippen molar-refractivity contribution in [1.29, 1.82) is 0 Å². The van der Waals surface area contributed by atoms with E-state index in [1.807, 2.05) is 41.2 Å². The van der Waals surface area contributed by atoms with Crippen LogP contribution in [-0.2, 0) is 75.0 Å². The van der Waals surface area contributed by atoms with E-state index < -0.39 is 0 Å². The Morgan fingerprint density at radius 3 is 1.00 bits per heavy atom. The molecule has 2 amide bonds. The van der Waals surface area contributed by atoms with Crippen LogP contribution in [0.25, 0.3) is 0 Å². The first-order valence-electron chi connectivity index (χ1n) is 16.0. The van der Waals surface area contributed by atoms with Crippen molar-refractivity contribution < 1.29 is 114 Å². The summed E-state index contributed by atoms with van der Waals surface area (Å²) in [7, 11) is 9.77. The molecule has 0 aromatic carbocycles. The van der Waals surface area contributed by atoms with Gasteiger partial charge in [-0.25, -0.2) is 0 Å². The molecule has 0 heterocycles. The van der Waals surface area contributed by atoms with Gasteiger partial charge in [0.1, 0.15) is 0 Å². The Hall–Kier alpha value is 1.29. The summed E-state index contributed by atoms with van der Waals surface area (Å²) in [6.45, 7) is 26.4. The van der Waals surface area contributed by atoms with E-state index in [-0.39, 0.29) is 144 Å². The van der Waals surface area contributed by atoms with Crippen LogP contribution in [0, 0.1) is 43.2 Å². The van der Waals surface area contributed by atoms with Crippen molar-refractivity contribution in [2.24, 2.45) is 0 Å². The second-order valence-corrected chi connectivity index (χ2v) is 9.07. The van der Waals surface area contributed by atoms with Gasteiger partial charge in [0.25, 0.3) is 0 Å². The van der Waals surface area contributed by atoms with Gasteiger partial charge in [-0.15, -0.1) is 0 Å². The summed E-state index contributed by atoms with van der Waals surface area (Å²) < 4.78 is 0. The molecule has 0 aliphatic rings. The molecule has 0 aromatic rings. The number of nitrogens with one attached hydrogen (secondary N) is 6. The van der Waals surface area contributed by atoms with E-state index in [4.69, 9.17) is 16.8 Å². The fraction of sp³-hybridized carbons (Fsp3) is 0.811. The second kappa shape index (κ2) is 98.9. The molecule has 0 spiro atoms. The van der Waals surface area contributed by atoms with Gasteiger partial charge < -0.3 is 54.3 Å². The zero-order chi connectivity index (χ0) is 35.3. The number of carbonyl (C=O) groups is 2. The van der Waals surface area contributed by atoms with Gasteiger partial charge in [0.2, 0.25) is 5.91 Å². The molecule has 0 aliphatic carbocycles. The maximum atomic E-state index is 11.4. The third kappa shape index (κ3) is 104. The van der Waals surface area contributed by atoms with Crippen molar-refractivity contribution in [3.8, 4) is 0 Å². The second-order valence-electron chi connectivity index (χ2n) is 9.07. The van der Waals surface area contributed by atoms with Crippen LogP contribution < -0.4 is 31.9 Å². The third-order valence-electron chi connectivity index (χ3n) is 4.82. The van der Waals surface area contributed by atoms with E-state index in [2.05, 4.69) is 69.4 Å². The number of hydrogen-bond donors (Lipinski definition) is 8. The number of allylic oxidation sites excluding steroid dienone is 1. The molecule has 2 radical (unpaired) electrons. The number of aliphatic hydroxyl groups excluding tert-OH is 2. The Morgan fingerprint density at radius 1 is 0.558 bits per heavy atom. The van der Waals surface area contributed by atoms with Gasteiger partial charge >= 0.3 is 0 Å². The molecule has 0 rings (SSSR count). The van der Waals surface area contributed by atoms with Crippen molar-refractivity contribution in [2.75, 3.05) is 121 Å². The van der Waals surface area contributed by atoms with Crippen molar-refractivity contribution in [2.45, 2.75) is 83.6 Å². The summed E-state index contributed by atoms with van der Waals surface area (Å²) in [6.07, 6.45) is 7.91. The summed E-state index contributed by atoms with van der Waals surface area (Å²) >= 11 is 0. The summed E-state index contributed by atoms with van der Waals surface area (Å²) in [4.78, 5) is 26.9. The Bertz CT molecular complexity index is 560. The number of likely N-dealkylation sites (N-methyl/N-ethyl adjacent to an activating group) is 4. The molecule has 52 heavy (non-hydrogen) atoms. The molecule has 0 bridgehead atoms. The Balaban J connectivity index is -0.0000000329.